The van der Waals surface area contributed by atoms with Crippen LogP contribution >= 0.6 is 11.8 Å². The van der Waals surface area contributed by atoms with Gasteiger partial charge in [0.1, 0.15) is 0 Å². The highest BCUT2D eigenvalue weighted by Crippen LogP contribution is 2.26. The van der Waals surface area contributed by atoms with Crippen LogP contribution in [0.5, 0.6) is 0 Å². The number of benzene rings is 2. The second kappa shape index (κ2) is 10.8. The van der Waals surface area contributed by atoms with E-state index < -0.39 is 0 Å². The highest BCUT2D eigenvalue weighted by Gasteiger charge is 2.07. The Bertz CT molecular complexity index is 708. The number of nitro benzene ring substituents is 1. The molecular weight excluding hydrogens is 342 g/mol. The van der Waals surface area contributed by atoms with Crippen molar-refractivity contribution in [3.8, 4) is 0 Å². The Morgan fingerprint density at radius 1 is 0.923 bits per heavy atom. The van der Waals surface area contributed by atoms with Crippen LogP contribution in [0.3, 0.4) is 0 Å². The van der Waals surface area contributed by atoms with Crippen molar-refractivity contribution in [1.82, 2.24) is 0 Å². The Balaban J connectivity index is 1.82. The van der Waals surface area contributed by atoms with Gasteiger partial charge >= 0.3 is 0 Å². The number of nitrogens with zero attached hydrogens (tertiary/aromatic N) is 1. The minimum Gasteiger partial charge on any atom is -0.258 e. The fourth-order valence-corrected chi connectivity index (χ4v) is 3.69. The van der Waals surface area contributed by atoms with Gasteiger partial charge in [0, 0.05) is 17.0 Å². The monoisotopic (exact) mass is 369 g/mol. The van der Waals surface area contributed by atoms with Crippen molar-refractivity contribution in [1.29, 1.82) is 0 Å². The van der Waals surface area contributed by atoms with E-state index in [1.165, 1.54) is 55.6 Å². The first-order valence-electron chi connectivity index (χ1n) is 9.28. The molecule has 4 heteroatoms. The van der Waals surface area contributed by atoms with Gasteiger partial charge in [-0.3, -0.25) is 10.1 Å². The molecule has 2 rings (SSSR count). The van der Waals surface area contributed by atoms with Crippen molar-refractivity contribution in [3.05, 3.63) is 76.4 Å². The normalized spacial score (nSPS) is 10.7. The van der Waals surface area contributed by atoms with E-state index in [2.05, 4.69) is 37.8 Å². The van der Waals surface area contributed by atoms with Crippen molar-refractivity contribution in [3.63, 3.8) is 0 Å². The summed E-state index contributed by atoms with van der Waals surface area (Å²) in [7, 11) is 0. The highest BCUT2D eigenvalue weighted by atomic mass is 32.2. The number of hydrogen-bond donors (Lipinski definition) is 0. The lowest BCUT2D eigenvalue weighted by Crippen LogP contribution is -1.90. The molecule has 0 amide bonds. The zero-order valence-electron chi connectivity index (χ0n) is 15.4. The zero-order valence-corrected chi connectivity index (χ0v) is 16.3. The fraction of sp³-hybridized carbons (Fsp3) is 0.364. The number of non-ortho nitro benzene ring substituents is 1. The molecule has 2 aromatic rings. The first-order valence-corrected chi connectivity index (χ1v) is 10.3. The van der Waals surface area contributed by atoms with Crippen LogP contribution in [0.15, 0.2) is 60.0 Å². The molecule has 0 aliphatic rings. The van der Waals surface area contributed by atoms with Crippen LogP contribution in [0.1, 0.15) is 56.6 Å². The van der Waals surface area contributed by atoms with Crippen molar-refractivity contribution in [2.75, 3.05) is 5.75 Å². The zero-order chi connectivity index (χ0) is 18.8. The van der Waals surface area contributed by atoms with Crippen LogP contribution in [0.4, 0.5) is 5.69 Å². The molecule has 3 nitrogen and oxygen atoms in total. The minimum atomic E-state index is -0.387. The molecule has 0 fully saturated rings. The summed E-state index contributed by atoms with van der Waals surface area (Å²) in [5.41, 5.74) is 2.93. The first kappa shape index (κ1) is 20.2. The lowest BCUT2D eigenvalue weighted by atomic mass is 9.99. The Morgan fingerprint density at radius 3 is 2.04 bits per heavy atom. The smallest absolute Gasteiger partial charge is 0.258 e. The molecule has 0 saturated heterocycles. The van der Waals surface area contributed by atoms with Gasteiger partial charge < -0.3 is 0 Å². The van der Waals surface area contributed by atoms with Gasteiger partial charge in [0.15, 0.2) is 0 Å². The third-order valence-electron chi connectivity index (χ3n) is 4.40. The third-order valence-corrected chi connectivity index (χ3v) is 5.49. The molecular formula is C22H27NO2S. The SMILES string of the molecule is C=C(c1ccc(SCCCCCCCC)cc1)c1ccc([N+](=O)[O-])cc1. The highest BCUT2D eigenvalue weighted by molar-refractivity contribution is 7.99. The van der Waals surface area contributed by atoms with Crippen molar-refractivity contribution >= 4 is 23.0 Å². The third kappa shape index (κ3) is 6.34. The predicted octanol–water partition coefficient (Wildman–Crippen LogP) is 7.11. The molecule has 0 aliphatic heterocycles. The van der Waals surface area contributed by atoms with Crippen LogP contribution in [-0.4, -0.2) is 10.7 Å². The van der Waals surface area contributed by atoms with Gasteiger partial charge in [0.2, 0.25) is 0 Å². The minimum absolute atomic E-state index is 0.1000. The average molecular weight is 370 g/mol. The van der Waals surface area contributed by atoms with Gasteiger partial charge in [-0.1, -0.05) is 57.7 Å². The summed E-state index contributed by atoms with van der Waals surface area (Å²) in [4.78, 5) is 11.6. The average Bonchev–Trinajstić information content (AvgIpc) is 2.67. The molecule has 0 heterocycles. The number of thioether (sulfide) groups is 1. The maximum atomic E-state index is 10.7. The van der Waals surface area contributed by atoms with E-state index in [0.29, 0.717) is 0 Å². The summed E-state index contributed by atoms with van der Waals surface area (Å²) in [5, 5.41) is 10.7. The Morgan fingerprint density at radius 2 is 1.46 bits per heavy atom. The van der Waals surface area contributed by atoms with Crippen molar-refractivity contribution in [2.24, 2.45) is 0 Å². The maximum Gasteiger partial charge on any atom is 0.269 e. The van der Waals surface area contributed by atoms with Crippen LogP contribution in [0, 0.1) is 10.1 Å². The molecule has 0 aromatic heterocycles. The fourth-order valence-electron chi connectivity index (χ4n) is 2.78. The molecule has 26 heavy (non-hydrogen) atoms. The summed E-state index contributed by atoms with van der Waals surface area (Å²) in [6.07, 6.45) is 7.95. The molecule has 138 valence electrons. The van der Waals surface area contributed by atoms with Gasteiger partial charge in [0.25, 0.3) is 5.69 Å². The van der Waals surface area contributed by atoms with Crippen LogP contribution in [0.25, 0.3) is 5.57 Å². The quantitative estimate of drug-likeness (QED) is 0.183. The summed E-state index contributed by atoms with van der Waals surface area (Å²) in [6, 6.07) is 15.0. The molecule has 0 aliphatic carbocycles. The maximum absolute atomic E-state index is 10.7. The number of rotatable bonds is 11. The molecule has 0 bridgehead atoms. The van der Waals surface area contributed by atoms with E-state index in [4.69, 9.17) is 0 Å². The molecule has 0 radical (unpaired) electrons. The Kier molecular flexibility index (Phi) is 8.42. The molecule has 0 saturated carbocycles. The molecule has 0 atom stereocenters. The van der Waals surface area contributed by atoms with Crippen LogP contribution < -0.4 is 0 Å². The van der Waals surface area contributed by atoms with Crippen LogP contribution in [0.2, 0.25) is 0 Å². The standard InChI is InChI=1S/C22H27NO2S/c1-3-4-5-6-7-8-17-26-22-15-11-20(12-16-22)18(2)19-9-13-21(14-10-19)23(24)25/h9-16H,2-8,17H2,1H3. The Labute approximate surface area is 160 Å². The summed E-state index contributed by atoms with van der Waals surface area (Å²) in [6.45, 7) is 6.38. The molecule has 0 N–H and O–H groups in total. The van der Waals surface area contributed by atoms with Crippen molar-refractivity contribution in [2.45, 2.75) is 50.3 Å². The summed E-state index contributed by atoms with van der Waals surface area (Å²) < 4.78 is 0. The summed E-state index contributed by atoms with van der Waals surface area (Å²) in [5.74, 6) is 1.16. The first-order chi connectivity index (χ1) is 12.6. The predicted molar refractivity (Wildman–Crippen MR) is 112 cm³/mol. The Hall–Kier alpha value is -2.07. The van der Waals surface area contributed by atoms with Crippen LogP contribution in [-0.2, 0) is 0 Å². The van der Waals surface area contributed by atoms with Gasteiger partial charge in [-0.25, -0.2) is 0 Å². The number of unbranched alkanes of at least 4 members (excludes halogenated alkanes) is 5. The van der Waals surface area contributed by atoms with E-state index in [0.717, 1.165) is 22.5 Å². The molecule has 0 spiro atoms. The van der Waals surface area contributed by atoms with E-state index >= 15 is 0 Å². The second-order valence-corrected chi connectivity index (χ2v) is 7.59. The number of hydrogen-bond acceptors (Lipinski definition) is 3. The topological polar surface area (TPSA) is 43.1 Å². The van der Waals surface area contributed by atoms with Crippen molar-refractivity contribution < 1.29 is 4.92 Å². The van der Waals surface area contributed by atoms with Gasteiger partial charge in [-0.15, -0.1) is 11.8 Å². The van der Waals surface area contributed by atoms with E-state index in [-0.39, 0.29) is 10.6 Å². The van der Waals surface area contributed by atoms with Gasteiger partial charge in [-0.2, -0.15) is 0 Å². The second-order valence-electron chi connectivity index (χ2n) is 6.42. The lowest BCUT2D eigenvalue weighted by Gasteiger charge is -2.08. The molecule has 0 unspecified atom stereocenters. The number of nitro groups is 1. The van der Waals surface area contributed by atoms with E-state index in [1.807, 2.05) is 11.8 Å². The lowest BCUT2D eigenvalue weighted by molar-refractivity contribution is -0.384. The van der Waals surface area contributed by atoms with Gasteiger partial charge in [0.05, 0.1) is 4.92 Å². The molecule has 2 aromatic carbocycles. The largest absolute Gasteiger partial charge is 0.269 e. The van der Waals surface area contributed by atoms with E-state index in [1.54, 1.807) is 12.1 Å². The summed E-state index contributed by atoms with van der Waals surface area (Å²) >= 11 is 1.90. The van der Waals surface area contributed by atoms with E-state index in [9.17, 15) is 10.1 Å². The van der Waals surface area contributed by atoms with Gasteiger partial charge in [-0.05, 0) is 53.1 Å².